The molecule has 0 atom stereocenters. The lowest BCUT2D eigenvalue weighted by atomic mass is 9.82. The minimum Gasteiger partial charge on any atom is -0.310 e. The summed E-state index contributed by atoms with van der Waals surface area (Å²) in [6.07, 6.45) is 0. The highest BCUT2D eigenvalue weighted by atomic mass is 15.1. The first kappa shape index (κ1) is 25.4. The summed E-state index contributed by atoms with van der Waals surface area (Å²) in [6.45, 7) is 4.45. The van der Waals surface area contributed by atoms with Crippen LogP contribution in [0.2, 0.25) is 0 Å². The fraction of sp³-hybridized carbons (Fsp3) is 0.0769. The molecule has 6 aromatic rings. The molecule has 0 aliphatic heterocycles. The fourth-order valence-electron chi connectivity index (χ4n) is 5.69. The minimum absolute atomic E-state index is 0.200. The normalized spacial score (nSPS) is 11.0. The molecule has 194 valence electrons. The van der Waals surface area contributed by atoms with E-state index >= 15 is 0 Å². The van der Waals surface area contributed by atoms with Gasteiger partial charge in [-0.1, -0.05) is 121 Å². The van der Waals surface area contributed by atoms with Crippen molar-refractivity contribution in [3.05, 3.63) is 186 Å². The second kappa shape index (κ2) is 11.5. The second-order valence-electron chi connectivity index (χ2n) is 10.3. The van der Waals surface area contributed by atoms with E-state index in [-0.39, 0.29) is 5.92 Å². The third kappa shape index (κ3) is 5.19. The number of rotatable bonds is 7. The number of hydrogen-bond donors (Lipinski definition) is 0. The first-order valence-electron chi connectivity index (χ1n) is 13.9. The molecule has 0 saturated carbocycles. The van der Waals surface area contributed by atoms with Gasteiger partial charge in [0, 0.05) is 23.0 Å². The van der Waals surface area contributed by atoms with Crippen molar-refractivity contribution in [1.29, 1.82) is 0 Å². The van der Waals surface area contributed by atoms with Crippen LogP contribution in [0.1, 0.15) is 33.7 Å². The van der Waals surface area contributed by atoms with Gasteiger partial charge >= 0.3 is 0 Å². The molecule has 6 rings (SSSR count). The monoisotopic (exact) mass is 515 g/mol. The van der Waals surface area contributed by atoms with E-state index in [0.29, 0.717) is 0 Å². The van der Waals surface area contributed by atoms with Crippen LogP contribution in [0, 0.1) is 13.8 Å². The molecule has 0 aliphatic rings. The van der Waals surface area contributed by atoms with Crippen molar-refractivity contribution < 1.29 is 0 Å². The number of para-hydroxylation sites is 2. The fourth-order valence-corrected chi connectivity index (χ4v) is 5.69. The van der Waals surface area contributed by atoms with Crippen LogP contribution < -0.4 is 4.90 Å². The third-order valence-corrected chi connectivity index (χ3v) is 7.65. The molecule has 0 radical (unpaired) electrons. The third-order valence-electron chi connectivity index (χ3n) is 7.65. The standard InChI is InChI=1S/C39H33N/c1-29-27-33(23-25-37(29)39(31-15-7-3-8-16-31)32-17-9-4-10-18-32)34-24-26-38(30(2)28-34)40(35-19-11-5-12-20-35)36-21-13-6-14-22-36/h3-28,39H,1-2H3. The SMILES string of the molecule is Cc1cc(-c2ccc(N(c3ccccc3)c3ccccc3)c(C)c2)ccc1C(c1ccccc1)c1ccccc1. The Morgan fingerprint density at radius 3 is 1.30 bits per heavy atom. The van der Waals surface area contributed by atoms with Gasteiger partial charge in [-0.25, -0.2) is 0 Å². The van der Waals surface area contributed by atoms with E-state index in [1.165, 1.54) is 44.6 Å². The van der Waals surface area contributed by atoms with Crippen LogP contribution in [0.5, 0.6) is 0 Å². The molecule has 1 nitrogen and oxygen atoms in total. The summed E-state index contributed by atoms with van der Waals surface area (Å²) in [7, 11) is 0. The van der Waals surface area contributed by atoms with Gasteiger partial charge in [-0.2, -0.15) is 0 Å². The number of benzene rings is 6. The van der Waals surface area contributed by atoms with Crippen molar-refractivity contribution in [2.45, 2.75) is 19.8 Å². The van der Waals surface area contributed by atoms with Crippen molar-refractivity contribution in [1.82, 2.24) is 0 Å². The van der Waals surface area contributed by atoms with Crippen molar-refractivity contribution >= 4 is 17.1 Å². The van der Waals surface area contributed by atoms with E-state index in [0.717, 1.165) is 11.4 Å². The van der Waals surface area contributed by atoms with Crippen LogP contribution in [0.4, 0.5) is 17.1 Å². The van der Waals surface area contributed by atoms with Crippen LogP contribution in [0.3, 0.4) is 0 Å². The average molecular weight is 516 g/mol. The molecule has 6 aromatic carbocycles. The van der Waals surface area contributed by atoms with Gasteiger partial charge in [0.25, 0.3) is 0 Å². The molecular weight excluding hydrogens is 482 g/mol. The molecular formula is C39H33N. The predicted molar refractivity (Wildman–Crippen MR) is 170 cm³/mol. The lowest BCUT2D eigenvalue weighted by Gasteiger charge is -2.27. The zero-order valence-corrected chi connectivity index (χ0v) is 23.0. The summed E-state index contributed by atoms with van der Waals surface area (Å²) in [4.78, 5) is 2.33. The Kier molecular flexibility index (Phi) is 7.28. The van der Waals surface area contributed by atoms with Gasteiger partial charge in [-0.3, -0.25) is 0 Å². The Balaban J connectivity index is 1.38. The van der Waals surface area contributed by atoms with Crippen molar-refractivity contribution in [2.75, 3.05) is 4.90 Å². The van der Waals surface area contributed by atoms with E-state index < -0.39 is 0 Å². The van der Waals surface area contributed by atoms with Gasteiger partial charge in [0.1, 0.15) is 0 Å². The van der Waals surface area contributed by atoms with Crippen LogP contribution in [0.25, 0.3) is 11.1 Å². The molecule has 0 bridgehead atoms. The van der Waals surface area contributed by atoms with Gasteiger partial charge in [0.15, 0.2) is 0 Å². The van der Waals surface area contributed by atoms with Crippen LogP contribution in [-0.4, -0.2) is 0 Å². The Morgan fingerprint density at radius 2 is 0.850 bits per heavy atom. The lowest BCUT2D eigenvalue weighted by molar-refractivity contribution is 0.963. The quantitative estimate of drug-likeness (QED) is 0.191. The zero-order chi connectivity index (χ0) is 27.3. The van der Waals surface area contributed by atoms with Gasteiger partial charge < -0.3 is 4.90 Å². The summed E-state index contributed by atoms with van der Waals surface area (Å²) in [5.74, 6) is 0.200. The first-order chi connectivity index (χ1) is 19.7. The first-order valence-corrected chi connectivity index (χ1v) is 13.9. The average Bonchev–Trinajstić information content (AvgIpc) is 3.01. The molecule has 0 aromatic heterocycles. The van der Waals surface area contributed by atoms with Crippen LogP contribution in [0.15, 0.2) is 158 Å². The number of anilines is 3. The zero-order valence-electron chi connectivity index (χ0n) is 23.0. The molecule has 0 spiro atoms. The molecule has 0 unspecified atom stereocenters. The van der Waals surface area contributed by atoms with Crippen molar-refractivity contribution in [3.8, 4) is 11.1 Å². The highest BCUT2D eigenvalue weighted by Gasteiger charge is 2.19. The predicted octanol–water partition coefficient (Wildman–Crippen LogP) is 10.6. The van der Waals surface area contributed by atoms with Gasteiger partial charge in [0.05, 0.1) is 0 Å². The summed E-state index contributed by atoms with van der Waals surface area (Å²) in [6, 6.07) is 56.6. The summed E-state index contributed by atoms with van der Waals surface area (Å²) < 4.78 is 0. The smallest absolute Gasteiger partial charge is 0.0491 e. The molecule has 0 amide bonds. The molecule has 1 heteroatoms. The van der Waals surface area contributed by atoms with E-state index in [2.05, 4.69) is 176 Å². The molecule has 0 saturated heterocycles. The van der Waals surface area contributed by atoms with E-state index in [4.69, 9.17) is 0 Å². The molecule has 0 fully saturated rings. The van der Waals surface area contributed by atoms with Gasteiger partial charge in [-0.05, 0) is 89.2 Å². The maximum Gasteiger partial charge on any atom is 0.0491 e. The van der Waals surface area contributed by atoms with Crippen molar-refractivity contribution in [3.63, 3.8) is 0 Å². The minimum atomic E-state index is 0.200. The Morgan fingerprint density at radius 1 is 0.425 bits per heavy atom. The molecule has 0 N–H and O–H groups in total. The van der Waals surface area contributed by atoms with E-state index in [1.54, 1.807) is 0 Å². The maximum absolute atomic E-state index is 2.34. The number of nitrogens with zero attached hydrogens (tertiary/aromatic N) is 1. The van der Waals surface area contributed by atoms with Gasteiger partial charge in [0.2, 0.25) is 0 Å². The number of hydrogen-bond acceptors (Lipinski definition) is 1. The molecule has 40 heavy (non-hydrogen) atoms. The van der Waals surface area contributed by atoms with Crippen molar-refractivity contribution in [2.24, 2.45) is 0 Å². The Labute approximate surface area is 238 Å². The van der Waals surface area contributed by atoms with E-state index in [9.17, 15) is 0 Å². The highest BCUT2D eigenvalue weighted by Crippen LogP contribution is 2.39. The summed E-state index contributed by atoms with van der Waals surface area (Å²) in [5.41, 5.74) is 12.4. The van der Waals surface area contributed by atoms with E-state index in [1.807, 2.05) is 0 Å². The molecule has 0 aliphatic carbocycles. The Hall–Kier alpha value is -4.88. The molecule has 0 heterocycles. The maximum atomic E-state index is 2.34. The highest BCUT2D eigenvalue weighted by molar-refractivity contribution is 5.80. The summed E-state index contributed by atoms with van der Waals surface area (Å²) in [5, 5.41) is 0. The number of aryl methyl sites for hydroxylation is 2. The van der Waals surface area contributed by atoms with Gasteiger partial charge in [-0.15, -0.1) is 0 Å². The lowest BCUT2D eigenvalue weighted by Crippen LogP contribution is -2.11. The largest absolute Gasteiger partial charge is 0.310 e. The van der Waals surface area contributed by atoms with Crippen LogP contribution in [-0.2, 0) is 0 Å². The summed E-state index contributed by atoms with van der Waals surface area (Å²) >= 11 is 0. The topological polar surface area (TPSA) is 3.24 Å². The second-order valence-corrected chi connectivity index (χ2v) is 10.3. The Bertz CT molecular complexity index is 1480. The van der Waals surface area contributed by atoms with Crippen LogP contribution >= 0.6 is 0 Å².